The number of nitrogens with two attached hydrogens (primary N) is 3. The number of carbonyl (C=O) groups excluding carboxylic acids is 4. The maximum Gasteiger partial charge on any atom is 0.252 e. The van der Waals surface area contributed by atoms with E-state index >= 15 is 0 Å². The molecule has 3 amide bonds. The summed E-state index contributed by atoms with van der Waals surface area (Å²) >= 11 is 0. The quantitative estimate of drug-likeness (QED) is 0.0419. The molecule has 43 heavy (non-hydrogen) atoms. The van der Waals surface area contributed by atoms with E-state index in [4.69, 9.17) is 28.0 Å². The Balaban J connectivity index is 2.46. The Morgan fingerprint density at radius 2 is 1.74 bits per heavy atom. The summed E-state index contributed by atoms with van der Waals surface area (Å²) in [6.07, 6.45) is 9.23. The van der Waals surface area contributed by atoms with E-state index in [1.54, 1.807) is 0 Å². The van der Waals surface area contributed by atoms with Gasteiger partial charge in [0.05, 0.1) is 12.2 Å². The molecule has 16 nitrogen and oxygen atoms in total. The lowest BCUT2D eigenvalue weighted by atomic mass is 10.0. The summed E-state index contributed by atoms with van der Waals surface area (Å²) < 4.78 is 0. The third-order valence-electron chi connectivity index (χ3n) is 7.08. The SMILES string of the molecule is N=C(N)NCCC[C@H](Nc1cnccn1)C(=O)N(C(=O)CCCCCN)[C@@H](CCCNC(=N)N)C(=O)N1CCC[C@H]1C=O. The Morgan fingerprint density at radius 1 is 1.05 bits per heavy atom. The molecule has 0 bridgehead atoms. The minimum Gasteiger partial charge on any atom is -0.370 e. The lowest BCUT2D eigenvalue weighted by molar-refractivity contribution is -0.156. The van der Waals surface area contributed by atoms with Crippen molar-refractivity contribution in [1.82, 2.24) is 30.4 Å². The largest absolute Gasteiger partial charge is 0.370 e. The summed E-state index contributed by atoms with van der Waals surface area (Å²) in [5.41, 5.74) is 16.4. The molecule has 1 aromatic heterocycles. The number of carbonyl (C=O) groups is 4. The molecule has 2 rings (SSSR count). The minimum atomic E-state index is -1.18. The number of nitrogens with zero attached hydrogens (tertiary/aromatic N) is 4. The van der Waals surface area contributed by atoms with Crippen LogP contribution < -0.4 is 33.2 Å². The summed E-state index contributed by atoms with van der Waals surface area (Å²) in [7, 11) is 0. The van der Waals surface area contributed by atoms with Crippen LogP contribution >= 0.6 is 0 Å². The zero-order valence-electron chi connectivity index (χ0n) is 24.6. The highest BCUT2D eigenvalue weighted by Crippen LogP contribution is 2.23. The number of unbranched alkanes of at least 4 members (excludes halogenated alkanes) is 2. The summed E-state index contributed by atoms with van der Waals surface area (Å²) in [5, 5.41) is 23.3. The van der Waals surface area contributed by atoms with Gasteiger partial charge in [-0.3, -0.25) is 35.1 Å². The first kappa shape index (κ1) is 34.9. The van der Waals surface area contributed by atoms with Gasteiger partial charge in [-0.15, -0.1) is 0 Å². The van der Waals surface area contributed by atoms with Crippen LogP contribution in [0.2, 0.25) is 0 Å². The number of aromatic nitrogens is 2. The lowest BCUT2D eigenvalue weighted by Gasteiger charge is -2.35. The van der Waals surface area contributed by atoms with Crippen LogP contribution in [-0.2, 0) is 19.2 Å². The molecule has 0 radical (unpaired) electrons. The molecule has 3 atom stereocenters. The van der Waals surface area contributed by atoms with Crippen LogP contribution in [-0.4, -0.2) is 100.0 Å². The highest BCUT2D eigenvalue weighted by atomic mass is 16.2. The zero-order valence-corrected chi connectivity index (χ0v) is 24.6. The molecule has 1 aromatic rings. The molecule has 1 aliphatic rings. The van der Waals surface area contributed by atoms with Crippen molar-refractivity contribution in [2.24, 2.45) is 17.2 Å². The Kier molecular flexibility index (Phi) is 15.4. The Hall–Kier alpha value is -4.34. The second-order valence-electron chi connectivity index (χ2n) is 10.3. The molecule has 0 aliphatic carbocycles. The first-order valence-electron chi connectivity index (χ1n) is 14.7. The van der Waals surface area contributed by atoms with E-state index in [1.807, 2.05) is 0 Å². The maximum atomic E-state index is 14.3. The predicted molar refractivity (Wildman–Crippen MR) is 162 cm³/mol. The van der Waals surface area contributed by atoms with Crippen molar-refractivity contribution in [3.05, 3.63) is 18.6 Å². The number of anilines is 1. The number of likely N-dealkylation sites (tertiary alicyclic amines) is 1. The Bertz CT molecular complexity index is 1070. The van der Waals surface area contributed by atoms with Gasteiger partial charge >= 0.3 is 0 Å². The van der Waals surface area contributed by atoms with E-state index in [1.165, 1.54) is 23.5 Å². The van der Waals surface area contributed by atoms with Crippen LogP contribution in [0.25, 0.3) is 0 Å². The lowest BCUT2D eigenvalue weighted by Crippen LogP contribution is -2.57. The molecular weight excluding hydrogens is 556 g/mol. The van der Waals surface area contributed by atoms with Crippen LogP contribution in [0.3, 0.4) is 0 Å². The average Bonchev–Trinajstić information content (AvgIpc) is 3.47. The van der Waals surface area contributed by atoms with Gasteiger partial charge in [0.2, 0.25) is 11.8 Å². The topological polar surface area (TPSA) is 262 Å². The molecule has 11 N–H and O–H groups in total. The van der Waals surface area contributed by atoms with Crippen molar-refractivity contribution in [2.45, 2.75) is 82.3 Å². The van der Waals surface area contributed by atoms with Gasteiger partial charge in [0.25, 0.3) is 5.91 Å². The molecule has 1 fully saturated rings. The highest BCUT2D eigenvalue weighted by Gasteiger charge is 2.41. The molecule has 2 heterocycles. The van der Waals surface area contributed by atoms with Crippen LogP contribution in [0.15, 0.2) is 18.6 Å². The van der Waals surface area contributed by atoms with Gasteiger partial charge in [0.1, 0.15) is 24.2 Å². The standard InChI is InChI=1S/C27H46N12O4/c28-11-3-1-2-10-23(41)39(21(9-5-13-36-27(31)32)25(43)38-16-6-7-19(38)18-40)24(42)20(8-4-12-35-26(29)30)37-22-17-33-14-15-34-22/h14-15,17-21H,1-13,16,28H2,(H,34,37)(H4,29,30,35)(H4,31,32,36)/t19-,20-,21-/m0/s1. The molecule has 1 saturated heterocycles. The summed E-state index contributed by atoms with van der Waals surface area (Å²) in [6, 6.07) is -2.78. The predicted octanol–water partition coefficient (Wildman–Crippen LogP) is -0.784. The fourth-order valence-corrected chi connectivity index (χ4v) is 4.96. The van der Waals surface area contributed by atoms with Gasteiger partial charge in [-0.2, -0.15) is 0 Å². The molecule has 16 heteroatoms. The number of hydrogen-bond acceptors (Lipinski definition) is 10. The first-order chi connectivity index (χ1) is 20.7. The fourth-order valence-electron chi connectivity index (χ4n) is 4.96. The number of imide groups is 1. The molecule has 0 unspecified atom stereocenters. The van der Waals surface area contributed by atoms with Gasteiger partial charge < -0.3 is 42.8 Å². The van der Waals surface area contributed by atoms with E-state index in [0.29, 0.717) is 64.0 Å². The van der Waals surface area contributed by atoms with Crippen LogP contribution in [0.1, 0.15) is 64.2 Å². The smallest absolute Gasteiger partial charge is 0.252 e. The molecule has 0 saturated carbocycles. The van der Waals surface area contributed by atoms with E-state index in [0.717, 1.165) is 17.6 Å². The van der Waals surface area contributed by atoms with E-state index in [2.05, 4.69) is 25.9 Å². The summed E-state index contributed by atoms with van der Waals surface area (Å²) in [5.74, 6) is -1.73. The third kappa shape index (κ3) is 11.8. The van der Waals surface area contributed by atoms with Crippen molar-refractivity contribution in [1.29, 1.82) is 10.8 Å². The van der Waals surface area contributed by atoms with Crippen molar-refractivity contribution in [2.75, 3.05) is 31.5 Å². The van der Waals surface area contributed by atoms with Crippen LogP contribution in [0, 0.1) is 10.8 Å². The third-order valence-corrected chi connectivity index (χ3v) is 7.08. The number of amides is 3. The van der Waals surface area contributed by atoms with E-state index in [-0.39, 0.29) is 37.7 Å². The average molecular weight is 603 g/mol. The van der Waals surface area contributed by atoms with Crippen molar-refractivity contribution in [3.8, 4) is 0 Å². The first-order valence-corrected chi connectivity index (χ1v) is 14.7. The van der Waals surface area contributed by atoms with Gasteiger partial charge in [0.15, 0.2) is 11.9 Å². The van der Waals surface area contributed by atoms with Gasteiger partial charge in [-0.25, -0.2) is 4.98 Å². The normalized spacial score (nSPS) is 15.7. The number of guanidine groups is 2. The number of rotatable bonds is 19. The summed E-state index contributed by atoms with van der Waals surface area (Å²) in [4.78, 5) is 64.7. The van der Waals surface area contributed by atoms with E-state index < -0.39 is 35.8 Å². The van der Waals surface area contributed by atoms with Gasteiger partial charge in [-0.05, 0) is 57.9 Å². The van der Waals surface area contributed by atoms with E-state index in [9.17, 15) is 19.2 Å². The highest BCUT2D eigenvalue weighted by molar-refractivity contribution is 6.03. The molecule has 1 aliphatic heterocycles. The maximum absolute atomic E-state index is 14.3. The monoisotopic (exact) mass is 602 g/mol. The second kappa shape index (κ2) is 19.0. The Labute approximate surface area is 251 Å². The van der Waals surface area contributed by atoms with Crippen molar-refractivity contribution >= 4 is 41.7 Å². The van der Waals surface area contributed by atoms with Crippen molar-refractivity contribution in [3.63, 3.8) is 0 Å². The molecule has 0 spiro atoms. The molecular formula is C27H46N12O4. The summed E-state index contributed by atoms with van der Waals surface area (Å²) in [6.45, 7) is 1.37. The minimum absolute atomic E-state index is 0.0298. The number of hydrogen-bond donors (Lipinski definition) is 8. The van der Waals surface area contributed by atoms with Crippen LogP contribution in [0.5, 0.6) is 0 Å². The van der Waals surface area contributed by atoms with Gasteiger partial charge in [0, 0.05) is 38.4 Å². The molecule has 0 aromatic carbocycles. The Morgan fingerprint density at radius 3 is 2.35 bits per heavy atom. The second-order valence-corrected chi connectivity index (χ2v) is 10.3. The zero-order chi connectivity index (χ0) is 31.6. The number of nitrogens with one attached hydrogen (secondary N) is 5. The van der Waals surface area contributed by atoms with Gasteiger partial charge in [-0.1, -0.05) is 6.42 Å². The fraction of sp³-hybridized carbons (Fsp3) is 0.630. The molecule has 238 valence electrons. The van der Waals surface area contributed by atoms with Crippen molar-refractivity contribution < 1.29 is 19.2 Å². The number of aldehydes is 1. The van der Waals surface area contributed by atoms with Crippen LogP contribution in [0.4, 0.5) is 5.82 Å².